The van der Waals surface area contributed by atoms with E-state index in [0.29, 0.717) is 13.1 Å². The smallest absolute Gasteiger partial charge is 0.270 e. The first kappa shape index (κ1) is 21.6. The topological polar surface area (TPSA) is 101 Å². The number of carbonyl (C=O) groups is 1. The van der Waals surface area contributed by atoms with E-state index in [1.807, 2.05) is 6.92 Å². The Labute approximate surface area is 164 Å². The first-order valence-corrected chi connectivity index (χ1v) is 11.4. The van der Waals surface area contributed by atoms with Gasteiger partial charge in [-0.05, 0) is 25.2 Å². The van der Waals surface area contributed by atoms with E-state index in [4.69, 9.17) is 0 Å². The summed E-state index contributed by atoms with van der Waals surface area (Å²) in [6.45, 7) is 5.01. The average Bonchev–Trinajstić information content (AvgIpc) is 2.67. The third-order valence-corrected chi connectivity index (χ3v) is 7.55. The summed E-state index contributed by atoms with van der Waals surface area (Å²) >= 11 is 1.62. The molecule has 1 atom stereocenters. The minimum absolute atomic E-state index is 0.0310. The Kier molecular flexibility index (Phi) is 7.63. The van der Waals surface area contributed by atoms with Crippen LogP contribution in [-0.4, -0.2) is 65.6 Å². The Hall–Kier alpha value is -1.65. The fraction of sp³-hybridized carbons (Fsp3) is 0.588. The standard InChI is InChI=1S/C17H25N3O5S2/c1-3-4-12-26-14(2)17(21)18-8-10-19(11-9-18)27(24,25)16-7-5-6-15(13-16)20(22)23/h5-7,13-14H,3-4,8-12H2,1-2H3. The molecule has 2 rings (SSSR count). The minimum atomic E-state index is -3.82. The van der Waals surface area contributed by atoms with Crippen molar-refractivity contribution in [3.8, 4) is 0 Å². The largest absolute Gasteiger partial charge is 0.339 e. The number of sulfonamides is 1. The van der Waals surface area contributed by atoms with Gasteiger partial charge in [-0.2, -0.15) is 4.31 Å². The number of nitro groups is 1. The predicted molar refractivity (Wildman–Crippen MR) is 105 cm³/mol. The molecular weight excluding hydrogens is 390 g/mol. The molecule has 1 unspecified atom stereocenters. The van der Waals surface area contributed by atoms with Gasteiger partial charge in [0.25, 0.3) is 5.69 Å². The van der Waals surface area contributed by atoms with Crippen LogP contribution >= 0.6 is 11.8 Å². The molecule has 0 spiro atoms. The first-order valence-electron chi connectivity index (χ1n) is 8.92. The third kappa shape index (κ3) is 5.43. The van der Waals surface area contributed by atoms with Crippen molar-refractivity contribution in [3.05, 3.63) is 34.4 Å². The highest BCUT2D eigenvalue weighted by Crippen LogP contribution is 2.23. The van der Waals surface area contributed by atoms with Gasteiger partial charge in [-0.3, -0.25) is 14.9 Å². The maximum Gasteiger partial charge on any atom is 0.270 e. The van der Waals surface area contributed by atoms with Gasteiger partial charge in [0.15, 0.2) is 0 Å². The maximum absolute atomic E-state index is 12.7. The van der Waals surface area contributed by atoms with Crippen LogP contribution < -0.4 is 0 Å². The van der Waals surface area contributed by atoms with Crippen molar-refractivity contribution in [2.45, 2.75) is 36.8 Å². The molecule has 27 heavy (non-hydrogen) atoms. The highest BCUT2D eigenvalue weighted by atomic mass is 32.2. The normalized spacial score (nSPS) is 16.9. The Morgan fingerprint density at radius 3 is 2.56 bits per heavy atom. The van der Waals surface area contributed by atoms with Crippen LogP contribution in [0.3, 0.4) is 0 Å². The van der Waals surface area contributed by atoms with Gasteiger partial charge in [-0.1, -0.05) is 19.4 Å². The van der Waals surface area contributed by atoms with Crippen molar-refractivity contribution in [3.63, 3.8) is 0 Å². The number of non-ortho nitro benzene ring substituents is 1. The van der Waals surface area contributed by atoms with Crippen molar-refractivity contribution in [1.82, 2.24) is 9.21 Å². The van der Waals surface area contributed by atoms with Gasteiger partial charge >= 0.3 is 0 Å². The summed E-state index contributed by atoms with van der Waals surface area (Å²) in [5, 5.41) is 10.7. The molecular formula is C17H25N3O5S2. The van der Waals surface area contributed by atoms with Crippen LogP contribution in [0.4, 0.5) is 5.69 Å². The van der Waals surface area contributed by atoms with Gasteiger partial charge in [0.2, 0.25) is 15.9 Å². The fourth-order valence-electron chi connectivity index (χ4n) is 2.79. The van der Waals surface area contributed by atoms with Gasteiger partial charge < -0.3 is 4.90 Å². The molecule has 1 aromatic carbocycles. The Bertz CT molecular complexity index is 777. The van der Waals surface area contributed by atoms with E-state index in [1.54, 1.807) is 16.7 Å². The molecule has 1 aliphatic heterocycles. The molecule has 0 aliphatic carbocycles. The summed E-state index contributed by atoms with van der Waals surface area (Å²) in [5.41, 5.74) is -0.261. The van der Waals surface area contributed by atoms with Gasteiger partial charge in [0.05, 0.1) is 15.1 Å². The predicted octanol–water partition coefficient (Wildman–Crippen LogP) is 2.35. The Balaban J connectivity index is 1.99. The van der Waals surface area contributed by atoms with Gasteiger partial charge in [-0.15, -0.1) is 11.8 Å². The van der Waals surface area contributed by atoms with Gasteiger partial charge in [0, 0.05) is 38.3 Å². The van der Waals surface area contributed by atoms with E-state index < -0.39 is 14.9 Å². The number of hydrogen-bond acceptors (Lipinski definition) is 6. The SMILES string of the molecule is CCCCSC(C)C(=O)N1CCN(S(=O)(=O)c2cccc([N+](=O)[O-])c2)CC1. The van der Waals surface area contributed by atoms with Crippen LogP contribution in [0.25, 0.3) is 0 Å². The van der Waals surface area contributed by atoms with Crippen LogP contribution in [0, 0.1) is 10.1 Å². The molecule has 1 aromatic rings. The second-order valence-electron chi connectivity index (χ2n) is 6.35. The minimum Gasteiger partial charge on any atom is -0.339 e. The number of thioether (sulfide) groups is 1. The molecule has 10 heteroatoms. The van der Waals surface area contributed by atoms with Crippen LogP contribution in [0.5, 0.6) is 0 Å². The number of amides is 1. The Morgan fingerprint density at radius 2 is 1.96 bits per heavy atom. The molecule has 0 saturated carbocycles. The highest BCUT2D eigenvalue weighted by molar-refractivity contribution is 8.00. The van der Waals surface area contributed by atoms with E-state index in [1.165, 1.54) is 22.5 Å². The number of nitrogens with zero attached hydrogens (tertiary/aromatic N) is 3. The van der Waals surface area contributed by atoms with Crippen LogP contribution in [0.2, 0.25) is 0 Å². The van der Waals surface area contributed by atoms with E-state index in [-0.39, 0.29) is 34.8 Å². The molecule has 8 nitrogen and oxygen atoms in total. The van der Waals surface area contributed by atoms with Crippen molar-refractivity contribution in [2.75, 3.05) is 31.9 Å². The van der Waals surface area contributed by atoms with Gasteiger partial charge in [-0.25, -0.2) is 8.42 Å². The maximum atomic E-state index is 12.7. The third-order valence-electron chi connectivity index (χ3n) is 4.43. The molecule has 1 aliphatic rings. The van der Waals surface area contributed by atoms with Crippen molar-refractivity contribution < 1.29 is 18.1 Å². The number of hydrogen-bond donors (Lipinski definition) is 0. The second-order valence-corrected chi connectivity index (χ2v) is 9.74. The number of benzene rings is 1. The number of unbranched alkanes of at least 4 members (excludes halogenated alkanes) is 1. The molecule has 1 fully saturated rings. The number of carbonyl (C=O) groups excluding carboxylic acids is 1. The number of rotatable bonds is 8. The molecule has 0 aromatic heterocycles. The fourth-order valence-corrected chi connectivity index (χ4v) is 5.35. The van der Waals surface area contributed by atoms with Crippen molar-refractivity contribution in [2.24, 2.45) is 0 Å². The summed E-state index contributed by atoms with van der Waals surface area (Å²) in [7, 11) is -3.82. The summed E-state index contributed by atoms with van der Waals surface area (Å²) in [5.74, 6) is 0.966. The summed E-state index contributed by atoms with van der Waals surface area (Å²) < 4.78 is 26.8. The van der Waals surface area contributed by atoms with Crippen LogP contribution in [0.1, 0.15) is 26.7 Å². The van der Waals surface area contributed by atoms with Crippen LogP contribution in [0.15, 0.2) is 29.2 Å². The summed E-state index contributed by atoms with van der Waals surface area (Å²) in [6.07, 6.45) is 2.15. The zero-order valence-corrected chi connectivity index (χ0v) is 17.2. The lowest BCUT2D eigenvalue weighted by Crippen LogP contribution is -2.52. The summed E-state index contributed by atoms with van der Waals surface area (Å²) in [6, 6.07) is 5.04. The monoisotopic (exact) mass is 415 g/mol. The van der Waals surface area contributed by atoms with Crippen molar-refractivity contribution in [1.29, 1.82) is 0 Å². The molecule has 1 heterocycles. The van der Waals surface area contributed by atoms with E-state index in [0.717, 1.165) is 24.7 Å². The Morgan fingerprint density at radius 1 is 1.30 bits per heavy atom. The van der Waals surface area contributed by atoms with E-state index >= 15 is 0 Å². The van der Waals surface area contributed by atoms with Crippen LogP contribution in [-0.2, 0) is 14.8 Å². The average molecular weight is 416 g/mol. The molecule has 0 N–H and O–H groups in total. The lowest BCUT2D eigenvalue weighted by atomic mass is 10.3. The second kappa shape index (κ2) is 9.52. The van der Waals surface area contributed by atoms with E-state index in [9.17, 15) is 23.3 Å². The molecule has 1 saturated heterocycles. The van der Waals surface area contributed by atoms with E-state index in [2.05, 4.69) is 6.92 Å². The number of nitro benzene ring substituents is 1. The molecule has 1 amide bonds. The lowest BCUT2D eigenvalue weighted by molar-refractivity contribution is -0.385. The quantitative estimate of drug-likeness (QED) is 0.367. The zero-order chi connectivity index (χ0) is 20.0. The molecule has 0 radical (unpaired) electrons. The highest BCUT2D eigenvalue weighted by Gasteiger charge is 2.32. The summed E-state index contributed by atoms with van der Waals surface area (Å²) in [4.78, 5) is 24.4. The van der Waals surface area contributed by atoms with Gasteiger partial charge in [0.1, 0.15) is 0 Å². The number of piperazine rings is 1. The first-order chi connectivity index (χ1) is 12.8. The zero-order valence-electron chi connectivity index (χ0n) is 15.5. The molecule has 150 valence electrons. The lowest BCUT2D eigenvalue weighted by Gasteiger charge is -2.35. The van der Waals surface area contributed by atoms with Crippen molar-refractivity contribution >= 4 is 33.4 Å². The molecule has 0 bridgehead atoms.